The van der Waals surface area contributed by atoms with E-state index in [-0.39, 0.29) is 5.16 Å². The number of aromatic nitrogens is 2. The minimum Gasteiger partial charge on any atom is -0.324 e. The Kier molecular flexibility index (Phi) is 6.62. The van der Waals surface area contributed by atoms with Gasteiger partial charge in [0.25, 0.3) is 0 Å². The summed E-state index contributed by atoms with van der Waals surface area (Å²) in [7, 11) is -1.89. The van der Waals surface area contributed by atoms with Gasteiger partial charge in [-0.25, -0.2) is 18.4 Å². The van der Waals surface area contributed by atoms with E-state index in [4.69, 9.17) is 0 Å². The van der Waals surface area contributed by atoms with Crippen molar-refractivity contribution in [1.29, 1.82) is 0 Å². The van der Waals surface area contributed by atoms with Gasteiger partial charge < -0.3 is 4.90 Å². The highest BCUT2D eigenvalue weighted by Crippen LogP contribution is 2.22. The molecule has 0 aliphatic rings. The number of carbonyl (C=O) groups excluding carboxylic acids is 1. The summed E-state index contributed by atoms with van der Waals surface area (Å²) in [4.78, 5) is 20.5. The predicted octanol–water partition coefficient (Wildman–Crippen LogP) is 2.23. The van der Waals surface area contributed by atoms with Crippen LogP contribution in [0, 0.1) is 0 Å². The molecule has 1 aromatic rings. The molecule has 0 saturated carbocycles. The molecule has 1 amide bonds. The first-order valence-electron chi connectivity index (χ1n) is 7.29. The molecular formula is C16H23N3O3S. The molecular weight excluding hydrogens is 314 g/mol. The minimum absolute atomic E-state index is 0.214. The van der Waals surface area contributed by atoms with Crippen LogP contribution in [0.3, 0.4) is 0 Å². The van der Waals surface area contributed by atoms with E-state index >= 15 is 0 Å². The zero-order chi connectivity index (χ0) is 17.6. The van der Waals surface area contributed by atoms with Crippen molar-refractivity contribution < 1.29 is 13.2 Å². The summed E-state index contributed by atoms with van der Waals surface area (Å²) < 4.78 is 23.5. The van der Waals surface area contributed by atoms with Gasteiger partial charge in [-0.3, -0.25) is 4.79 Å². The van der Waals surface area contributed by atoms with E-state index < -0.39 is 9.84 Å². The number of sulfone groups is 1. The molecule has 0 aliphatic heterocycles. The molecule has 126 valence electrons. The Bertz CT molecular complexity index is 733. The maximum absolute atomic E-state index is 11.8. The molecule has 1 rings (SSSR count). The van der Waals surface area contributed by atoms with E-state index in [9.17, 15) is 13.2 Å². The Labute approximate surface area is 137 Å². The lowest BCUT2D eigenvalue weighted by Crippen LogP contribution is -2.11. The molecule has 0 spiro atoms. The maximum atomic E-state index is 11.8. The summed E-state index contributed by atoms with van der Waals surface area (Å²) in [6.45, 7) is 5.87. The quantitative estimate of drug-likeness (QED) is 0.433. The van der Waals surface area contributed by atoms with Crippen molar-refractivity contribution in [2.24, 2.45) is 0 Å². The molecule has 6 nitrogen and oxygen atoms in total. The van der Waals surface area contributed by atoms with Crippen LogP contribution in [0.1, 0.15) is 38.4 Å². The lowest BCUT2D eigenvalue weighted by Gasteiger charge is -2.13. The molecule has 7 heteroatoms. The maximum Gasteiger partial charge on any atom is 0.247 e. The van der Waals surface area contributed by atoms with Crippen LogP contribution in [0.5, 0.6) is 0 Å². The summed E-state index contributed by atoms with van der Waals surface area (Å²) in [6.07, 6.45) is 8.40. The van der Waals surface area contributed by atoms with E-state index in [1.54, 1.807) is 19.4 Å². The summed E-state index contributed by atoms with van der Waals surface area (Å²) in [6, 6.07) is 0. The third-order valence-corrected chi connectivity index (χ3v) is 3.78. The molecule has 0 unspecified atom stereocenters. The summed E-state index contributed by atoms with van der Waals surface area (Å²) >= 11 is 0. The van der Waals surface area contributed by atoms with E-state index in [2.05, 4.69) is 9.97 Å². The van der Waals surface area contributed by atoms with Crippen molar-refractivity contribution in [2.45, 2.75) is 38.8 Å². The number of aryl methyl sites for hydroxylation is 1. The van der Waals surface area contributed by atoms with Gasteiger partial charge in [0.15, 0.2) is 0 Å². The topological polar surface area (TPSA) is 80.2 Å². The lowest BCUT2D eigenvalue weighted by molar-refractivity contribution is -0.114. The van der Waals surface area contributed by atoms with Gasteiger partial charge in [0.05, 0.1) is 5.69 Å². The van der Waals surface area contributed by atoms with Gasteiger partial charge >= 0.3 is 0 Å². The second-order valence-electron chi connectivity index (χ2n) is 5.63. The third-order valence-electron chi connectivity index (χ3n) is 2.92. The SMILES string of the molecule is CCCc1cnc(S(C)(=O)=O)nc1/C(C=C(C)C)=C/N(C)C=O. The standard InChI is InChI=1S/C16H23N3O3S/c1-6-7-13-9-17-16(23(5,21)22)18-15(13)14(8-12(2)3)10-19(4)11-20/h8-11H,6-7H2,1-5H3/b14-10+. The van der Waals surface area contributed by atoms with Crippen LogP contribution in [-0.4, -0.2) is 43.0 Å². The zero-order valence-corrected chi connectivity index (χ0v) is 15.0. The highest BCUT2D eigenvalue weighted by atomic mass is 32.2. The van der Waals surface area contributed by atoms with Crippen LogP contribution < -0.4 is 0 Å². The fraction of sp³-hybridized carbons (Fsp3) is 0.438. The molecule has 0 fully saturated rings. The van der Waals surface area contributed by atoms with Gasteiger partial charge in [0, 0.05) is 31.3 Å². The molecule has 0 radical (unpaired) electrons. The number of nitrogens with zero attached hydrogens (tertiary/aromatic N) is 3. The van der Waals surface area contributed by atoms with Crippen LogP contribution in [0.4, 0.5) is 0 Å². The van der Waals surface area contributed by atoms with Gasteiger partial charge in [0.1, 0.15) is 0 Å². The van der Waals surface area contributed by atoms with Crippen LogP contribution in [0.25, 0.3) is 5.57 Å². The molecule has 1 heterocycles. The Balaban J connectivity index is 3.63. The Hall–Kier alpha value is -2.02. The second-order valence-corrected chi connectivity index (χ2v) is 7.54. The van der Waals surface area contributed by atoms with E-state index in [0.29, 0.717) is 17.7 Å². The van der Waals surface area contributed by atoms with E-state index in [0.717, 1.165) is 30.2 Å². The van der Waals surface area contributed by atoms with Crippen molar-refractivity contribution in [3.05, 3.63) is 35.3 Å². The summed E-state index contributed by atoms with van der Waals surface area (Å²) in [5.41, 5.74) is 3.08. The zero-order valence-electron chi connectivity index (χ0n) is 14.2. The average molecular weight is 337 g/mol. The molecule has 0 N–H and O–H groups in total. The third kappa shape index (κ3) is 5.59. The van der Waals surface area contributed by atoms with E-state index in [1.807, 2.05) is 26.8 Å². The van der Waals surface area contributed by atoms with Gasteiger partial charge in [-0.05, 0) is 25.8 Å². The van der Waals surface area contributed by atoms with Crippen LogP contribution in [-0.2, 0) is 21.1 Å². The first-order valence-corrected chi connectivity index (χ1v) is 9.18. The number of hydrogen-bond donors (Lipinski definition) is 0. The minimum atomic E-state index is -3.51. The van der Waals surface area contributed by atoms with Crippen LogP contribution in [0.15, 0.2) is 29.2 Å². The lowest BCUT2D eigenvalue weighted by atomic mass is 10.0. The smallest absolute Gasteiger partial charge is 0.247 e. The van der Waals surface area contributed by atoms with Crippen molar-refractivity contribution in [1.82, 2.24) is 14.9 Å². The number of amides is 1. The number of allylic oxidation sites excluding steroid dienone is 3. The first-order chi connectivity index (χ1) is 10.7. The molecule has 0 bridgehead atoms. The Morgan fingerprint density at radius 1 is 1.35 bits per heavy atom. The monoisotopic (exact) mass is 337 g/mol. The van der Waals surface area contributed by atoms with Crippen molar-refractivity contribution in [3.8, 4) is 0 Å². The molecule has 23 heavy (non-hydrogen) atoms. The fourth-order valence-electron chi connectivity index (χ4n) is 2.00. The first kappa shape index (κ1) is 19.0. The van der Waals surface area contributed by atoms with Gasteiger partial charge in [0.2, 0.25) is 21.4 Å². The summed E-state index contributed by atoms with van der Waals surface area (Å²) in [5.74, 6) is 0. The normalized spacial score (nSPS) is 12.0. The summed E-state index contributed by atoms with van der Waals surface area (Å²) in [5, 5.41) is -0.214. The van der Waals surface area contributed by atoms with Gasteiger partial charge in [-0.1, -0.05) is 25.0 Å². The molecule has 0 saturated heterocycles. The number of carbonyl (C=O) groups is 1. The van der Waals surface area contributed by atoms with Crippen molar-refractivity contribution in [3.63, 3.8) is 0 Å². The van der Waals surface area contributed by atoms with Crippen molar-refractivity contribution in [2.75, 3.05) is 13.3 Å². The number of hydrogen-bond acceptors (Lipinski definition) is 5. The number of rotatable bonds is 7. The largest absolute Gasteiger partial charge is 0.324 e. The Morgan fingerprint density at radius 3 is 2.48 bits per heavy atom. The Morgan fingerprint density at radius 2 is 2.00 bits per heavy atom. The fourth-order valence-corrected chi connectivity index (χ4v) is 2.50. The molecule has 0 atom stereocenters. The highest BCUT2D eigenvalue weighted by Gasteiger charge is 2.16. The average Bonchev–Trinajstić information content (AvgIpc) is 2.45. The van der Waals surface area contributed by atoms with E-state index in [1.165, 1.54) is 4.90 Å². The highest BCUT2D eigenvalue weighted by molar-refractivity contribution is 7.90. The van der Waals surface area contributed by atoms with Crippen LogP contribution >= 0.6 is 0 Å². The van der Waals surface area contributed by atoms with Gasteiger partial charge in [-0.2, -0.15) is 0 Å². The second kappa shape index (κ2) is 8.01. The van der Waals surface area contributed by atoms with Crippen molar-refractivity contribution >= 4 is 21.8 Å². The molecule has 0 aliphatic carbocycles. The predicted molar refractivity (Wildman–Crippen MR) is 90.4 cm³/mol. The molecule has 1 aromatic heterocycles. The van der Waals surface area contributed by atoms with Crippen LogP contribution in [0.2, 0.25) is 0 Å². The van der Waals surface area contributed by atoms with Gasteiger partial charge in [-0.15, -0.1) is 0 Å². The molecule has 0 aromatic carbocycles.